The van der Waals surface area contributed by atoms with Crippen LogP contribution in [0.3, 0.4) is 0 Å². The highest BCUT2D eigenvalue weighted by molar-refractivity contribution is 8.00. The molecule has 3 N–H and O–H groups in total. The first kappa shape index (κ1) is 19.4. The normalized spacial score (nSPS) is 14.3. The van der Waals surface area contributed by atoms with Gasteiger partial charge in [0.2, 0.25) is 5.91 Å². The van der Waals surface area contributed by atoms with E-state index in [4.69, 9.17) is 4.74 Å². The Labute approximate surface area is 161 Å². The first-order valence-corrected chi connectivity index (χ1v) is 9.99. The van der Waals surface area contributed by atoms with E-state index in [0.717, 1.165) is 47.9 Å². The lowest BCUT2D eigenvalue weighted by Crippen LogP contribution is -2.28. The number of aromatic nitrogens is 3. The van der Waals surface area contributed by atoms with Crippen LogP contribution in [-0.4, -0.2) is 39.4 Å². The van der Waals surface area contributed by atoms with Gasteiger partial charge in [0, 0.05) is 4.88 Å². The molecule has 9 nitrogen and oxygen atoms in total. The second-order valence-corrected chi connectivity index (χ2v) is 8.40. The van der Waals surface area contributed by atoms with Crippen LogP contribution in [0.25, 0.3) is 0 Å². The molecule has 1 amide bonds. The predicted molar refractivity (Wildman–Crippen MR) is 102 cm³/mol. The average Bonchev–Trinajstić information content (AvgIpc) is 3.01. The topological polar surface area (TPSA) is 134 Å². The molecule has 0 radical (unpaired) electrons. The number of hydrogen-bond donors (Lipinski definition) is 3. The lowest BCUT2D eigenvalue weighted by atomic mass is 9.95. The first-order chi connectivity index (χ1) is 12.9. The van der Waals surface area contributed by atoms with E-state index in [0.29, 0.717) is 10.6 Å². The van der Waals surface area contributed by atoms with Crippen molar-refractivity contribution in [2.75, 3.05) is 12.4 Å². The number of thiophene rings is 1. The van der Waals surface area contributed by atoms with Crippen molar-refractivity contribution < 1.29 is 14.3 Å². The number of fused-ring (bicyclic) bond motifs is 1. The third kappa shape index (κ3) is 4.14. The van der Waals surface area contributed by atoms with Crippen molar-refractivity contribution in [3.05, 3.63) is 36.8 Å². The van der Waals surface area contributed by atoms with Crippen LogP contribution in [0, 0.1) is 0 Å². The SMILES string of the molecule is COC(=O)c1c(NC(=O)[C@@H](C)Sc2n[nH]c(=O)[nH]c2=O)sc2c1CCCC2. The Kier molecular flexibility index (Phi) is 5.80. The smallest absolute Gasteiger partial charge is 0.342 e. The molecule has 1 atom stereocenters. The highest BCUT2D eigenvalue weighted by Crippen LogP contribution is 2.38. The molecular formula is C16H18N4O5S2. The number of esters is 1. The van der Waals surface area contributed by atoms with Crippen molar-refractivity contribution in [3.63, 3.8) is 0 Å². The molecule has 0 spiro atoms. The predicted octanol–water partition coefficient (Wildman–Crippen LogP) is 1.30. The summed E-state index contributed by atoms with van der Waals surface area (Å²) in [5.74, 6) is -0.847. The molecule has 0 aliphatic heterocycles. The van der Waals surface area contributed by atoms with Crippen LogP contribution in [0.15, 0.2) is 14.6 Å². The van der Waals surface area contributed by atoms with Crippen LogP contribution in [0.2, 0.25) is 0 Å². The van der Waals surface area contributed by atoms with E-state index in [9.17, 15) is 19.2 Å². The van der Waals surface area contributed by atoms with E-state index in [-0.39, 0.29) is 10.9 Å². The number of hydrogen-bond acceptors (Lipinski definition) is 8. The van der Waals surface area contributed by atoms with E-state index < -0.39 is 22.5 Å². The minimum absolute atomic E-state index is 0.0177. The molecule has 2 aromatic heterocycles. The van der Waals surface area contributed by atoms with Gasteiger partial charge in [-0.25, -0.2) is 14.7 Å². The summed E-state index contributed by atoms with van der Waals surface area (Å²) in [5, 5.41) is 8.33. The molecule has 0 aromatic carbocycles. The Bertz CT molecular complexity index is 993. The number of rotatable bonds is 5. The molecule has 27 heavy (non-hydrogen) atoms. The summed E-state index contributed by atoms with van der Waals surface area (Å²) in [4.78, 5) is 50.7. The second-order valence-electron chi connectivity index (χ2n) is 5.97. The fourth-order valence-electron chi connectivity index (χ4n) is 2.82. The van der Waals surface area contributed by atoms with Gasteiger partial charge in [0.05, 0.1) is 17.9 Å². The molecule has 2 aromatic rings. The average molecular weight is 410 g/mol. The molecule has 0 fully saturated rings. The van der Waals surface area contributed by atoms with Gasteiger partial charge in [0.1, 0.15) is 5.00 Å². The molecule has 0 bridgehead atoms. The Balaban J connectivity index is 1.81. The van der Waals surface area contributed by atoms with E-state index in [2.05, 4.69) is 20.5 Å². The zero-order valence-electron chi connectivity index (χ0n) is 14.7. The lowest BCUT2D eigenvalue weighted by Gasteiger charge is -2.12. The Morgan fingerprint density at radius 2 is 2.04 bits per heavy atom. The van der Waals surface area contributed by atoms with Gasteiger partial charge in [-0.1, -0.05) is 11.8 Å². The Hall–Kier alpha value is -2.40. The number of nitrogens with zero attached hydrogens (tertiary/aromatic N) is 1. The van der Waals surface area contributed by atoms with Crippen LogP contribution in [0.1, 0.15) is 40.6 Å². The lowest BCUT2D eigenvalue weighted by molar-refractivity contribution is -0.115. The zero-order chi connectivity index (χ0) is 19.6. The molecule has 0 saturated heterocycles. The summed E-state index contributed by atoms with van der Waals surface area (Å²) < 4.78 is 4.89. The maximum Gasteiger partial charge on any atom is 0.342 e. The summed E-state index contributed by atoms with van der Waals surface area (Å²) >= 11 is 2.30. The highest BCUT2D eigenvalue weighted by atomic mass is 32.2. The minimum atomic E-state index is -0.714. The number of carbonyl (C=O) groups excluding carboxylic acids is 2. The molecule has 3 rings (SSSR count). The van der Waals surface area contributed by atoms with E-state index in [1.807, 2.05) is 0 Å². The third-order valence-electron chi connectivity index (χ3n) is 4.14. The molecule has 1 aliphatic carbocycles. The van der Waals surface area contributed by atoms with E-state index >= 15 is 0 Å². The van der Waals surface area contributed by atoms with Gasteiger partial charge in [-0.15, -0.1) is 11.3 Å². The largest absolute Gasteiger partial charge is 0.465 e. The number of anilines is 1. The Morgan fingerprint density at radius 1 is 1.30 bits per heavy atom. The van der Waals surface area contributed by atoms with Crippen LogP contribution in [-0.2, 0) is 22.4 Å². The van der Waals surface area contributed by atoms with Gasteiger partial charge < -0.3 is 10.1 Å². The highest BCUT2D eigenvalue weighted by Gasteiger charge is 2.28. The van der Waals surface area contributed by atoms with Crippen molar-refractivity contribution in [2.45, 2.75) is 42.9 Å². The van der Waals surface area contributed by atoms with Crippen molar-refractivity contribution >= 4 is 40.0 Å². The number of nitrogens with one attached hydrogen (secondary N) is 3. The number of carbonyl (C=O) groups is 2. The van der Waals surface area contributed by atoms with E-state index in [1.165, 1.54) is 18.4 Å². The fraction of sp³-hybridized carbons (Fsp3) is 0.438. The maximum absolute atomic E-state index is 12.6. The first-order valence-electron chi connectivity index (χ1n) is 8.30. The number of aryl methyl sites for hydroxylation is 1. The summed E-state index contributed by atoms with van der Waals surface area (Å²) in [6.07, 6.45) is 3.70. The molecule has 0 saturated carbocycles. The number of ether oxygens (including phenoxy) is 1. The quantitative estimate of drug-likeness (QED) is 0.500. The third-order valence-corrected chi connectivity index (χ3v) is 6.41. The van der Waals surface area contributed by atoms with Crippen molar-refractivity contribution in [1.82, 2.24) is 15.2 Å². The number of H-pyrrole nitrogens is 2. The number of methoxy groups -OCH3 is 1. The molecule has 0 unspecified atom stereocenters. The maximum atomic E-state index is 12.6. The minimum Gasteiger partial charge on any atom is -0.465 e. The van der Waals surface area contributed by atoms with Crippen LogP contribution in [0.5, 0.6) is 0 Å². The van der Waals surface area contributed by atoms with Crippen molar-refractivity contribution in [1.29, 1.82) is 0 Å². The van der Waals surface area contributed by atoms with Gasteiger partial charge in [-0.2, -0.15) is 5.10 Å². The van der Waals surface area contributed by atoms with Crippen LogP contribution in [0.4, 0.5) is 5.00 Å². The van der Waals surface area contributed by atoms with Crippen molar-refractivity contribution in [2.24, 2.45) is 0 Å². The van der Waals surface area contributed by atoms with Crippen LogP contribution < -0.4 is 16.6 Å². The molecule has 11 heteroatoms. The van der Waals surface area contributed by atoms with Gasteiger partial charge in [0.25, 0.3) is 5.56 Å². The number of amides is 1. The molecule has 1 aliphatic rings. The standard InChI is InChI=1S/C16H18N4O5S2/c1-7(26-14-12(22)18-16(24)20-19-14)11(21)17-13-10(15(23)25-2)8-5-3-4-6-9(8)27-13/h7H,3-6H2,1-2H3,(H,17,21)(H2,18,20,22,24)/t7-/m1/s1. The molecular weight excluding hydrogens is 392 g/mol. The van der Waals surface area contributed by atoms with Gasteiger partial charge in [-0.05, 0) is 38.2 Å². The van der Waals surface area contributed by atoms with Gasteiger partial charge in [-0.3, -0.25) is 14.6 Å². The second kappa shape index (κ2) is 8.09. The molecule has 144 valence electrons. The zero-order valence-corrected chi connectivity index (χ0v) is 16.3. The number of thioether (sulfide) groups is 1. The van der Waals surface area contributed by atoms with E-state index in [1.54, 1.807) is 6.92 Å². The fourth-order valence-corrected chi connectivity index (χ4v) is 4.86. The van der Waals surface area contributed by atoms with Crippen LogP contribution >= 0.6 is 23.1 Å². The van der Waals surface area contributed by atoms with Crippen molar-refractivity contribution in [3.8, 4) is 0 Å². The monoisotopic (exact) mass is 410 g/mol. The number of aromatic amines is 2. The summed E-state index contributed by atoms with van der Waals surface area (Å²) in [6, 6.07) is 0. The summed E-state index contributed by atoms with van der Waals surface area (Å²) in [7, 11) is 1.31. The summed E-state index contributed by atoms with van der Waals surface area (Å²) in [6.45, 7) is 1.61. The Morgan fingerprint density at radius 3 is 2.74 bits per heavy atom. The van der Waals surface area contributed by atoms with Gasteiger partial charge in [0.15, 0.2) is 5.03 Å². The molecule has 2 heterocycles. The summed E-state index contributed by atoms with van der Waals surface area (Å²) in [5.41, 5.74) is -0.00575. The van der Waals surface area contributed by atoms with Gasteiger partial charge >= 0.3 is 11.7 Å².